The zero-order valence-corrected chi connectivity index (χ0v) is 15.1. The van der Waals surface area contributed by atoms with E-state index in [1.165, 1.54) is 12.1 Å². The Labute approximate surface area is 162 Å². The number of carbonyl (C=O) groups is 1. The maximum Gasteiger partial charge on any atom is 0.411 e. The zero-order chi connectivity index (χ0) is 19.6. The van der Waals surface area contributed by atoms with Crippen molar-refractivity contribution < 1.29 is 18.3 Å². The summed E-state index contributed by atoms with van der Waals surface area (Å²) in [4.78, 5) is 14.4. The van der Waals surface area contributed by atoms with Crippen LogP contribution in [0.4, 0.5) is 13.6 Å². The Morgan fingerprint density at radius 1 is 0.786 bits per heavy atom. The van der Waals surface area contributed by atoms with Crippen LogP contribution in [-0.4, -0.2) is 24.1 Å². The zero-order valence-electron chi connectivity index (χ0n) is 15.1. The molecule has 0 atom stereocenters. The van der Waals surface area contributed by atoms with Gasteiger partial charge in [0.05, 0.1) is 6.54 Å². The Kier molecular flexibility index (Phi) is 4.82. The number of halogens is 2. The van der Waals surface area contributed by atoms with Crippen LogP contribution >= 0.6 is 0 Å². The summed E-state index contributed by atoms with van der Waals surface area (Å²) < 4.78 is 31.5. The first-order chi connectivity index (χ1) is 13.6. The van der Waals surface area contributed by atoms with Crippen LogP contribution in [-0.2, 0) is 10.3 Å². The predicted octanol–water partition coefficient (Wildman–Crippen LogP) is 5.37. The van der Waals surface area contributed by atoms with Crippen molar-refractivity contribution in [3.8, 4) is 0 Å². The summed E-state index contributed by atoms with van der Waals surface area (Å²) in [5.41, 5.74) is 1.43. The molecular weight excluding hydrogens is 360 g/mol. The third-order valence-electron chi connectivity index (χ3n) is 5.13. The second kappa shape index (κ2) is 7.43. The van der Waals surface area contributed by atoms with E-state index in [0.717, 1.165) is 16.7 Å². The molecule has 142 valence electrons. The molecule has 0 aliphatic carbocycles. The molecule has 3 aromatic rings. The molecule has 5 heteroatoms. The van der Waals surface area contributed by atoms with Crippen LogP contribution in [0.25, 0.3) is 0 Å². The van der Waals surface area contributed by atoms with Gasteiger partial charge in [-0.15, -0.1) is 0 Å². The number of cyclic esters (lactones) is 1. The van der Waals surface area contributed by atoms with Gasteiger partial charge in [-0.05, 0) is 16.7 Å². The molecule has 0 spiro atoms. The maximum absolute atomic E-state index is 13.1. The predicted molar refractivity (Wildman–Crippen MR) is 102 cm³/mol. The molecular formula is C23H19F2NO2. The summed E-state index contributed by atoms with van der Waals surface area (Å²) in [6, 6.07) is 25.4. The van der Waals surface area contributed by atoms with Gasteiger partial charge in [-0.25, -0.2) is 13.6 Å². The molecule has 1 saturated heterocycles. The summed E-state index contributed by atoms with van der Waals surface area (Å²) in [5.74, 6) is 0. The topological polar surface area (TPSA) is 29.5 Å². The third-order valence-corrected chi connectivity index (χ3v) is 5.13. The number of rotatable bonds is 5. The van der Waals surface area contributed by atoms with Crippen molar-refractivity contribution in [1.82, 2.24) is 4.90 Å². The molecule has 0 saturated carbocycles. The number of amides is 1. The molecule has 1 aliphatic heterocycles. The van der Waals surface area contributed by atoms with Crippen molar-refractivity contribution >= 4 is 6.09 Å². The molecule has 3 nitrogen and oxygen atoms in total. The van der Waals surface area contributed by atoms with Crippen LogP contribution in [0.15, 0.2) is 84.9 Å². The molecule has 3 aromatic carbocycles. The van der Waals surface area contributed by atoms with Crippen molar-refractivity contribution in [3.63, 3.8) is 0 Å². The molecule has 1 heterocycles. The Hall–Kier alpha value is -3.21. The van der Waals surface area contributed by atoms with Crippen molar-refractivity contribution in [2.24, 2.45) is 0 Å². The minimum atomic E-state index is -2.55. The van der Waals surface area contributed by atoms with E-state index in [4.69, 9.17) is 4.74 Å². The van der Waals surface area contributed by atoms with Crippen molar-refractivity contribution in [2.75, 3.05) is 13.2 Å². The lowest BCUT2D eigenvalue weighted by molar-refractivity contribution is 0.138. The Morgan fingerprint density at radius 3 is 1.71 bits per heavy atom. The van der Waals surface area contributed by atoms with E-state index < -0.39 is 18.1 Å². The highest BCUT2D eigenvalue weighted by Gasteiger charge is 2.47. The molecule has 28 heavy (non-hydrogen) atoms. The fraction of sp³-hybridized carbons (Fsp3) is 0.174. The standard InChI is InChI=1S/C23H19F2NO2/c24-21(25)17-11-13-20(14-12-17)23(18-7-3-1-4-8-18,19-9-5-2-6-10-19)26-15-16-28-22(26)27/h1-14,21H,15-16H2. The van der Waals surface area contributed by atoms with Gasteiger partial charge < -0.3 is 4.74 Å². The van der Waals surface area contributed by atoms with Gasteiger partial charge in [0, 0.05) is 5.56 Å². The van der Waals surface area contributed by atoms with Crippen LogP contribution in [0.3, 0.4) is 0 Å². The molecule has 0 unspecified atom stereocenters. The first-order valence-electron chi connectivity index (χ1n) is 9.08. The highest BCUT2D eigenvalue weighted by atomic mass is 19.3. The molecule has 0 N–H and O–H groups in total. The van der Waals surface area contributed by atoms with Gasteiger partial charge >= 0.3 is 6.09 Å². The summed E-state index contributed by atoms with van der Waals surface area (Å²) >= 11 is 0. The van der Waals surface area contributed by atoms with E-state index in [9.17, 15) is 13.6 Å². The van der Waals surface area contributed by atoms with E-state index in [0.29, 0.717) is 6.54 Å². The number of carbonyl (C=O) groups excluding carboxylic acids is 1. The Balaban J connectivity index is 2.02. The average molecular weight is 379 g/mol. The van der Waals surface area contributed by atoms with Crippen molar-refractivity contribution in [1.29, 1.82) is 0 Å². The summed E-state index contributed by atoms with van der Waals surface area (Å²) in [5, 5.41) is 0. The third kappa shape index (κ3) is 2.93. The number of alkyl halides is 2. The largest absolute Gasteiger partial charge is 0.447 e. The molecule has 0 bridgehead atoms. The van der Waals surface area contributed by atoms with E-state index >= 15 is 0 Å². The monoisotopic (exact) mass is 379 g/mol. The summed E-state index contributed by atoms with van der Waals surface area (Å²) in [6.07, 6.45) is -2.97. The minimum absolute atomic E-state index is 0.0530. The molecule has 0 aromatic heterocycles. The highest BCUT2D eigenvalue weighted by Crippen LogP contribution is 2.44. The minimum Gasteiger partial charge on any atom is -0.447 e. The quantitative estimate of drug-likeness (QED) is 0.558. The van der Waals surface area contributed by atoms with Crippen LogP contribution in [0.2, 0.25) is 0 Å². The van der Waals surface area contributed by atoms with Crippen LogP contribution in [0.1, 0.15) is 28.7 Å². The first-order valence-corrected chi connectivity index (χ1v) is 9.08. The lowest BCUT2D eigenvalue weighted by atomic mass is 9.75. The SMILES string of the molecule is O=C1OCCN1C(c1ccccc1)(c1ccccc1)c1ccc(C(F)F)cc1. The Morgan fingerprint density at radius 2 is 1.29 bits per heavy atom. The second-order valence-electron chi connectivity index (χ2n) is 6.63. The second-order valence-corrected chi connectivity index (χ2v) is 6.63. The summed E-state index contributed by atoms with van der Waals surface area (Å²) in [6.45, 7) is 0.689. The lowest BCUT2D eigenvalue weighted by Crippen LogP contribution is -2.48. The van der Waals surface area contributed by atoms with Gasteiger partial charge in [0.2, 0.25) is 0 Å². The van der Waals surface area contributed by atoms with Crippen LogP contribution in [0, 0.1) is 0 Å². The fourth-order valence-electron chi connectivity index (χ4n) is 3.89. The lowest BCUT2D eigenvalue weighted by Gasteiger charge is -2.42. The normalized spacial score (nSPS) is 14.4. The van der Waals surface area contributed by atoms with Gasteiger partial charge in [0.15, 0.2) is 0 Å². The van der Waals surface area contributed by atoms with E-state index in [-0.39, 0.29) is 12.2 Å². The van der Waals surface area contributed by atoms with Gasteiger partial charge in [0.25, 0.3) is 6.43 Å². The van der Waals surface area contributed by atoms with Crippen molar-refractivity contribution in [2.45, 2.75) is 12.0 Å². The molecule has 1 aliphatic rings. The van der Waals surface area contributed by atoms with Gasteiger partial charge in [-0.3, -0.25) is 4.90 Å². The van der Waals surface area contributed by atoms with Crippen LogP contribution in [0.5, 0.6) is 0 Å². The van der Waals surface area contributed by atoms with Gasteiger partial charge in [0.1, 0.15) is 12.1 Å². The molecule has 1 amide bonds. The van der Waals surface area contributed by atoms with E-state index in [2.05, 4.69) is 0 Å². The van der Waals surface area contributed by atoms with E-state index in [1.807, 2.05) is 60.7 Å². The number of hydrogen-bond donors (Lipinski definition) is 0. The number of ether oxygens (including phenoxy) is 1. The number of benzene rings is 3. The molecule has 0 radical (unpaired) electrons. The smallest absolute Gasteiger partial charge is 0.411 e. The summed E-state index contributed by atoms with van der Waals surface area (Å²) in [7, 11) is 0. The average Bonchev–Trinajstić information content (AvgIpc) is 3.17. The highest BCUT2D eigenvalue weighted by molar-refractivity contribution is 5.74. The fourth-order valence-corrected chi connectivity index (χ4v) is 3.89. The van der Waals surface area contributed by atoms with Gasteiger partial charge in [-0.1, -0.05) is 84.9 Å². The van der Waals surface area contributed by atoms with Crippen molar-refractivity contribution in [3.05, 3.63) is 107 Å². The Bertz CT molecular complexity index is 904. The molecule has 1 fully saturated rings. The molecule has 4 rings (SSSR count). The van der Waals surface area contributed by atoms with Gasteiger partial charge in [-0.2, -0.15) is 0 Å². The number of nitrogens with zero attached hydrogens (tertiary/aromatic N) is 1. The first kappa shape index (κ1) is 18.2. The maximum atomic E-state index is 13.1. The number of hydrogen-bond acceptors (Lipinski definition) is 2. The van der Waals surface area contributed by atoms with E-state index in [1.54, 1.807) is 17.0 Å². The van der Waals surface area contributed by atoms with Crippen LogP contribution < -0.4 is 0 Å².